The van der Waals surface area contributed by atoms with Gasteiger partial charge in [0.2, 0.25) is 0 Å². The van der Waals surface area contributed by atoms with Crippen LogP contribution < -0.4 is 10.1 Å². The summed E-state index contributed by atoms with van der Waals surface area (Å²) in [6.07, 6.45) is 3.21. The zero-order valence-electron chi connectivity index (χ0n) is 12.5. The van der Waals surface area contributed by atoms with Crippen molar-refractivity contribution in [3.8, 4) is 11.4 Å². The number of rotatable bonds is 6. The topological polar surface area (TPSA) is 108 Å². The molecule has 0 saturated heterocycles. The molecule has 0 atom stereocenters. The molecule has 0 aliphatic carbocycles. The number of anilines is 1. The third kappa shape index (κ3) is 3.02. The Morgan fingerprint density at radius 1 is 1.38 bits per heavy atom. The highest BCUT2D eigenvalue weighted by Crippen LogP contribution is 2.26. The van der Waals surface area contributed by atoms with Crippen molar-refractivity contribution >= 4 is 12.1 Å². The van der Waals surface area contributed by atoms with Crippen LogP contribution in [0.15, 0.2) is 30.9 Å². The number of hydrogen-bond acceptors (Lipinski definition) is 8. The molecule has 9 nitrogen and oxygen atoms in total. The van der Waals surface area contributed by atoms with Crippen molar-refractivity contribution in [1.82, 2.24) is 30.2 Å². The van der Waals surface area contributed by atoms with Crippen LogP contribution in [0.2, 0.25) is 0 Å². The summed E-state index contributed by atoms with van der Waals surface area (Å²) in [7, 11) is 1.38. The molecule has 1 N–H and O–H groups in total. The van der Waals surface area contributed by atoms with Crippen LogP contribution in [-0.4, -0.2) is 43.6 Å². The van der Waals surface area contributed by atoms with Crippen LogP contribution in [0.3, 0.4) is 0 Å². The number of nitrogens with zero attached hydrogens (tertiary/aromatic N) is 6. The first-order chi connectivity index (χ1) is 11.7. The van der Waals surface area contributed by atoms with Crippen LogP contribution in [0, 0.1) is 5.82 Å². The summed E-state index contributed by atoms with van der Waals surface area (Å²) >= 11 is 0. The molecule has 122 valence electrons. The molecule has 0 bridgehead atoms. The molecule has 3 rings (SSSR count). The molecule has 0 aliphatic heterocycles. The Balaban J connectivity index is 1.94. The number of methoxy groups -OCH3 is 1. The van der Waals surface area contributed by atoms with E-state index >= 15 is 0 Å². The van der Waals surface area contributed by atoms with Gasteiger partial charge >= 0.3 is 0 Å². The summed E-state index contributed by atoms with van der Waals surface area (Å²) in [5.41, 5.74) is 0.961. The zero-order valence-corrected chi connectivity index (χ0v) is 12.5. The second-order valence-corrected chi connectivity index (χ2v) is 4.63. The number of hydrogen-bond donors (Lipinski definition) is 1. The van der Waals surface area contributed by atoms with Gasteiger partial charge in [0.25, 0.3) is 0 Å². The van der Waals surface area contributed by atoms with Crippen molar-refractivity contribution in [2.75, 3.05) is 12.4 Å². The Morgan fingerprint density at radius 2 is 2.25 bits per heavy atom. The van der Waals surface area contributed by atoms with Gasteiger partial charge in [0.05, 0.1) is 12.8 Å². The van der Waals surface area contributed by atoms with Gasteiger partial charge in [-0.2, -0.15) is 0 Å². The van der Waals surface area contributed by atoms with Gasteiger partial charge in [-0.25, -0.2) is 19.0 Å². The second kappa shape index (κ2) is 6.77. The lowest BCUT2D eigenvalue weighted by Crippen LogP contribution is -2.10. The molecule has 2 aromatic heterocycles. The average Bonchev–Trinajstić information content (AvgIpc) is 3.15. The van der Waals surface area contributed by atoms with E-state index in [1.807, 2.05) is 0 Å². The first kappa shape index (κ1) is 15.5. The number of carbonyl (C=O) groups is 1. The molecule has 0 amide bonds. The van der Waals surface area contributed by atoms with Crippen LogP contribution in [0.5, 0.6) is 5.75 Å². The Labute approximate surface area is 135 Å². The SMILES string of the molecule is COc1ccc(-n2cnnn2)c(CNc2cc(C=O)ncn2)c1F. The summed E-state index contributed by atoms with van der Waals surface area (Å²) in [5, 5.41) is 13.8. The van der Waals surface area contributed by atoms with E-state index in [-0.39, 0.29) is 23.6 Å². The molecular formula is C14H12FN7O2. The first-order valence-electron chi connectivity index (χ1n) is 6.82. The van der Waals surface area contributed by atoms with Crippen LogP contribution in [-0.2, 0) is 6.54 Å². The van der Waals surface area contributed by atoms with Gasteiger partial charge in [-0.15, -0.1) is 5.10 Å². The van der Waals surface area contributed by atoms with Crippen LogP contribution in [0.4, 0.5) is 10.2 Å². The molecule has 0 unspecified atom stereocenters. The Hall–Kier alpha value is -3.43. The third-order valence-electron chi connectivity index (χ3n) is 3.25. The van der Waals surface area contributed by atoms with E-state index in [0.717, 1.165) is 0 Å². The normalized spacial score (nSPS) is 10.4. The third-order valence-corrected chi connectivity index (χ3v) is 3.25. The van der Waals surface area contributed by atoms with E-state index in [0.29, 0.717) is 17.8 Å². The molecule has 0 aliphatic rings. The fourth-order valence-electron chi connectivity index (χ4n) is 2.11. The maximum atomic E-state index is 14.6. The number of benzene rings is 1. The highest BCUT2D eigenvalue weighted by atomic mass is 19.1. The smallest absolute Gasteiger partial charge is 0.172 e. The molecule has 0 radical (unpaired) electrons. The fourth-order valence-corrected chi connectivity index (χ4v) is 2.11. The number of ether oxygens (including phenoxy) is 1. The molecule has 24 heavy (non-hydrogen) atoms. The molecule has 2 heterocycles. The first-order valence-corrected chi connectivity index (χ1v) is 6.82. The number of tetrazole rings is 1. The molecule has 0 saturated carbocycles. The van der Waals surface area contributed by atoms with Gasteiger partial charge in [-0.3, -0.25) is 4.79 Å². The van der Waals surface area contributed by atoms with Crippen molar-refractivity contribution in [3.05, 3.63) is 47.9 Å². The van der Waals surface area contributed by atoms with Crippen molar-refractivity contribution < 1.29 is 13.9 Å². The van der Waals surface area contributed by atoms with Crippen LogP contribution in [0.1, 0.15) is 16.1 Å². The van der Waals surface area contributed by atoms with Gasteiger partial charge < -0.3 is 10.1 Å². The quantitative estimate of drug-likeness (QED) is 0.668. The molecule has 10 heteroatoms. The van der Waals surface area contributed by atoms with Crippen molar-refractivity contribution in [2.45, 2.75) is 6.54 Å². The molecule has 0 fully saturated rings. The van der Waals surface area contributed by atoms with Crippen LogP contribution >= 0.6 is 0 Å². The number of nitrogens with one attached hydrogen (secondary N) is 1. The second-order valence-electron chi connectivity index (χ2n) is 4.63. The van der Waals surface area contributed by atoms with Crippen molar-refractivity contribution in [3.63, 3.8) is 0 Å². The Morgan fingerprint density at radius 3 is 2.96 bits per heavy atom. The minimum absolute atomic E-state index is 0.0769. The zero-order chi connectivity index (χ0) is 16.9. The highest BCUT2D eigenvalue weighted by Gasteiger charge is 2.16. The number of aldehydes is 1. The maximum absolute atomic E-state index is 14.6. The van der Waals surface area contributed by atoms with Gasteiger partial charge in [0, 0.05) is 18.2 Å². The Kier molecular flexibility index (Phi) is 4.36. The van der Waals surface area contributed by atoms with Crippen molar-refractivity contribution in [2.24, 2.45) is 0 Å². The number of aromatic nitrogens is 6. The van der Waals surface area contributed by atoms with E-state index in [2.05, 4.69) is 30.8 Å². The van der Waals surface area contributed by atoms with E-state index in [1.54, 1.807) is 6.07 Å². The average molecular weight is 329 g/mol. The molecule has 1 aromatic carbocycles. The standard InChI is InChI=1S/C14H12FN7O2/c1-24-12-3-2-11(22-8-19-20-21-22)10(14(12)15)5-16-13-4-9(6-23)17-7-18-13/h2-4,6-8H,5H2,1H3,(H,16,17,18). The highest BCUT2D eigenvalue weighted by molar-refractivity contribution is 5.73. The maximum Gasteiger partial charge on any atom is 0.172 e. The van der Waals surface area contributed by atoms with Gasteiger partial charge in [0.1, 0.15) is 24.2 Å². The molecule has 0 spiro atoms. The number of halogens is 1. The molecular weight excluding hydrogens is 317 g/mol. The lowest BCUT2D eigenvalue weighted by molar-refractivity contribution is 0.111. The fraction of sp³-hybridized carbons (Fsp3) is 0.143. The monoisotopic (exact) mass is 329 g/mol. The summed E-state index contributed by atoms with van der Waals surface area (Å²) in [6, 6.07) is 4.60. The van der Waals surface area contributed by atoms with Crippen LogP contribution in [0.25, 0.3) is 5.69 Å². The van der Waals surface area contributed by atoms with E-state index < -0.39 is 5.82 Å². The summed E-state index contributed by atoms with van der Waals surface area (Å²) < 4.78 is 21.0. The predicted octanol–water partition coefficient (Wildman–Crippen LogP) is 1.02. The van der Waals surface area contributed by atoms with Gasteiger partial charge in [0.15, 0.2) is 17.9 Å². The molecule has 3 aromatic rings. The van der Waals surface area contributed by atoms with E-state index in [1.165, 1.54) is 36.6 Å². The summed E-state index contributed by atoms with van der Waals surface area (Å²) in [6.45, 7) is 0.0769. The minimum atomic E-state index is -0.539. The van der Waals surface area contributed by atoms with E-state index in [4.69, 9.17) is 4.74 Å². The predicted molar refractivity (Wildman–Crippen MR) is 80.4 cm³/mol. The van der Waals surface area contributed by atoms with Gasteiger partial charge in [-0.05, 0) is 22.6 Å². The van der Waals surface area contributed by atoms with E-state index in [9.17, 15) is 9.18 Å². The van der Waals surface area contributed by atoms with Gasteiger partial charge in [-0.1, -0.05) is 0 Å². The largest absolute Gasteiger partial charge is 0.494 e. The lowest BCUT2D eigenvalue weighted by Gasteiger charge is -2.13. The lowest BCUT2D eigenvalue weighted by atomic mass is 10.1. The minimum Gasteiger partial charge on any atom is -0.494 e. The summed E-state index contributed by atoms with van der Waals surface area (Å²) in [4.78, 5) is 18.5. The van der Waals surface area contributed by atoms with Crippen molar-refractivity contribution in [1.29, 1.82) is 0 Å². The number of carbonyl (C=O) groups excluding carboxylic acids is 1. The summed E-state index contributed by atoms with van der Waals surface area (Å²) in [5.74, 6) is -0.0560. The Bertz CT molecular complexity index is 854.